The van der Waals surface area contributed by atoms with E-state index in [2.05, 4.69) is 11.4 Å². The van der Waals surface area contributed by atoms with Crippen LogP contribution in [0.4, 0.5) is 0 Å². The summed E-state index contributed by atoms with van der Waals surface area (Å²) in [7, 11) is 0. The van der Waals surface area contributed by atoms with E-state index in [1.807, 2.05) is 6.07 Å². The van der Waals surface area contributed by atoms with E-state index in [0.29, 0.717) is 10.6 Å². The first-order chi connectivity index (χ1) is 5.81. The van der Waals surface area contributed by atoms with Gasteiger partial charge < -0.3 is 5.32 Å². The van der Waals surface area contributed by atoms with Gasteiger partial charge in [-0.1, -0.05) is 11.6 Å². The Kier molecular flexibility index (Phi) is 1.76. The molecule has 1 aromatic rings. The highest BCUT2D eigenvalue weighted by molar-refractivity contribution is 6.31. The normalized spacial score (nSPS) is 14.0. The number of nitrogens with zero attached hydrogens (tertiary/aromatic N) is 1. The van der Waals surface area contributed by atoms with Crippen molar-refractivity contribution in [2.24, 2.45) is 0 Å². The first kappa shape index (κ1) is 7.60. The zero-order chi connectivity index (χ0) is 8.55. The van der Waals surface area contributed by atoms with E-state index in [1.165, 1.54) is 0 Å². The molecule has 1 aliphatic heterocycles. The van der Waals surface area contributed by atoms with E-state index in [-0.39, 0.29) is 0 Å². The Morgan fingerprint density at radius 2 is 2.25 bits per heavy atom. The lowest BCUT2D eigenvalue weighted by atomic mass is 10.1. The van der Waals surface area contributed by atoms with Crippen LogP contribution in [0.5, 0.6) is 0 Å². The number of rotatable bonds is 0. The lowest BCUT2D eigenvalue weighted by Crippen LogP contribution is -2.00. The van der Waals surface area contributed by atoms with Crippen LogP contribution < -0.4 is 5.32 Å². The molecule has 0 aromatic heterocycles. The van der Waals surface area contributed by atoms with Gasteiger partial charge in [-0.05, 0) is 23.3 Å². The van der Waals surface area contributed by atoms with Crippen LogP contribution in [0.1, 0.15) is 16.7 Å². The molecule has 0 amide bonds. The van der Waals surface area contributed by atoms with E-state index >= 15 is 0 Å². The quantitative estimate of drug-likeness (QED) is 0.658. The molecular formula is C9H7ClN2. The van der Waals surface area contributed by atoms with Crippen molar-refractivity contribution in [3.05, 3.63) is 33.8 Å². The van der Waals surface area contributed by atoms with Crippen LogP contribution in [0, 0.1) is 11.3 Å². The SMILES string of the molecule is N#Cc1cc(Cl)c2c(c1)CNC2. The third-order valence-electron chi connectivity index (χ3n) is 2.03. The summed E-state index contributed by atoms with van der Waals surface area (Å²) in [6.07, 6.45) is 0. The summed E-state index contributed by atoms with van der Waals surface area (Å²) in [6, 6.07) is 5.69. The van der Waals surface area contributed by atoms with Crippen LogP contribution in [-0.2, 0) is 13.1 Å². The van der Waals surface area contributed by atoms with Gasteiger partial charge in [-0.3, -0.25) is 0 Å². The number of hydrogen-bond donors (Lipinski definition) is 1. The summed E-state index contributed by atoms with van der Waals surface area (Å²) in [6.45, 7) is 1.64. The Balaban J connectivity index is 2.60. The van der Waals surface area contributed by atoms with Crippen molar-refractivity contribution >= 4 is 11.6 Å². The number of nitriles is 1. The van der Waals surface area contributed by atoms with Crippen molar-refractivity contribution in [2.75, 3.05) is 0 Å². The molecule has 0 atom stereocenters. The van der Waals surface area contributed by atoms with Gasteiger partial charge in [0.05, 0.1) is 11.6 Å². The highest BCUT2D eigenvalue weighted by Crippen LogP contribution is 2.25. The highest BCUT2D eigenvalue weighted by Gasteiger charge is 2.14. The molecule has 0 saturated carbocycles. The molecule has 0 aliphatic carbocycles. The molecule has 1 aliphatic rings. The van der Waals surface area contributed by atoms with Gasteiger partial charge >= 0.3 is 0 Å². The van der Waals surface area contributed by atoms with Crippen molar-refractivity contribution < 1.29 is 0 Å². The maximum absolute atomic E-state index is 8.66. The standard InChI is InChI=1S/C9H7ClN2/c10-9-2-6(3-11)1-7-4-12-5-8(7)9/h1-2,12H,4-5H2. The van der Waals surface area contributed by atoms with Gasteiger partial charge in [0.1, 0.15) is 0 Å². The van der Waals surface area contributed by atoms with Crippen LogP contribution in [0.2, 0.25) is 5.02 Å². The van der Waals surface area contributed by atoms with Gasteiger partial charge in [-0.2, -0.15) is 5.26 Å². The van der Waals surface area contributed by atoms with Crippen molar-refractivity contribution in [3.63, 3.8) is 0 Å². The minimum Gasteiger partial charge on any atom is -0.309 e. The number of hydrogen-bond acceptors (Lipinski definition) is 2. The molecule has 0 bridgehead atoms. The molecule has 60 valence electrons. The van der Waals surface area contributed by atoms with E-state index in [0.717, 1.165) is 24.2 Å². The molecular weight excluding hydrogens is 172 g/mol. The smallest absolute Gasteiger partial charge is 0.0992 e. The molecule has 1 heterocycles. The predicted octanol–water partition coefficient (Wildman–Crippen LogP) is 1.81. The van der Waals surface area contributed by atoms with Gasteiger partial charge in [0, 0.05) is 18.1 Å². The summed E-state index contributed by atoms with van der Waals surface area (Å²) < 4.78 is 0. The second kappa shape index (κ2) is 2.78. The van der Waals surface area contributed by atoms with Gasteiger partial charge in [-0.25, -0.2) is 0 Å². The fourth-order valence-electron chi connectivity index (χ4n) is 1.44. The van der Waals surface area contributed by atoms with Crippen molar-refractivity contribution in [1.82, 2.24) is 5.32 Å². The fourth-order valence-corrected chi connectivity index (χ4v) is 1.74. The molecule has 3 heteroatoms. The molecule has 2 nitrogen and oxygen atoms in total. The Morgan fingerprint density at radius 1 is 1.42 bits per heavy atom. The first-order valence-electron chi connectivity index (χ1n) is 3.73. The number of nitrogens with one attached hydrogen (secondary N) is 1. The zero-order valence-corrected chi connectivity index (χ0v) is 7.15. The van der Waals surface area contributed by atoms with E-state index < -0.39 is 0 Å². The zero-order valence-electron chi connectivity index (χ0n) is 6.39. The molecule has 0 radical (unpaired) electrons. The van der Waals surface area contributed by atoms with Crippen LogP contribution in [0.25, 0.3) is 0 Å². The fraction of sp³-hybridized carbons (Fsp3) is 0.222. The van der Waals surface area contributed by atoms with Crippen LogP contribution >= 0.6 is 11.6 Å². The number of fused-ring (bicyclic) bond motifs is 1. The average Bonchev–Trinajstić information content (AvgIpc) is 2.52. The summed E-state index contributed by atoms with van der Waals surface area (Å²) >= 11 is 5.96. The molecule has 2 rings (SSSR count). The molecule has 0 spiro atoms. The molecule has 1 aromatic carbocycles. The molecule has 0 unspecified atom stereocenters. The average molecular weight is 179 g/mol. The number of halogens is 1. The monoisotopic (exact) mass is 178 g/mol. The summed E-state index contributed by atoms with van der Waals surface area (Å²) in [5.74, 6) is 0. The molecule has 12 heavy (non-hydrogen) atoms. The number of benzene rings is 1. The topological polar surface area (TPSA) is 35.8 Å². The van der Waals surface area contributed by atoms with E-state index in [9.17, 15) is 0 Å². The Bertz CT molecular complexity index is 366. The summed E-state index contributed by atoms with van der Waals surface area (Å²) in [4.78, 5) is 0. The Morgan fingerprint density at radius 3 is 3.00 bits per heavy atom. The lowest BCUT2D eigenvalue weighted by molar-refractivity contribution is 0.765. The van der Waals surface area contributed by atoms with Crippen LogP contribution in [-0.4, -0.2) is 0 Å². The van der Waals surface area contributed by atoms with E-state index in [4.69, 9.17) is 16.9 Å². The third kappa shape index (κ3) is 1.08. The minimum absolute atomic E-state index is 0.641. The summed E-state index contributed by atoms with van der Waals surface area (Å²) in [5, 5.41) is 12.6. The van der Waals surface area contributed by atoms with Crippen LogP contribution in [0.15, 0.2) is 12.1 Å². The molecule has 1 N–H and O–H groups in total. The van der Waals surface area contributed by atoms with E-state index in [1.54, 1.807) is 6.07 Å². The second-order valence-corrected chi connectivity index (χ2v) is 3.22. The van der Waals surface area contributed by atoms with Crippen molar-refractivity contribution in [1.29, 1.82) is 5.26 Å². The van der Waals surface area contributed by atoms with Gasteiger partial charge in [0.15, 0.2) is 0 Å². The molecule has 0 fully saturated rings. The maximum Gasteiger partial charge on any atom is 0.0992 e. The summed E-state index contributed by atoms with van der Waals surface area (Å²) in [5.41, 5.74) is 2.93. The largest absolute Gasteiger partial charge is 0.309 e. The maximum atomic E-state index is 8.66. The van der Waals surface area contributed by atoms with Gasteiger partial charge in [0.25, 0.3) is 0 Å². The Hall–Kier alpha value is -1.04. The van der Waals surface area contributed by atoms with Crippen LogP contribution in [0.3, 0.4) is 0 Å². The third-order valence-corrected chi connectivity index (χ3v) is 2.37. The van der Waals surface area contributed by atoms with Crippen molar-refractivity contribution in [3.8, 4) is 6.07 Å². The highest BCUT2D eigenvalue weighted by atomic mass is 35.5. The van der Waals surface area contributed by atoms with Crippen molar-refractivity contribution in [2.45, 2.75) is 13.1 Å². The first-order valence-corrected chi connectivity index (χ1v) is 4.11. The minimum atomic E-state index is 0.641. The molecule has 0 saturated heterocycles. The predicted molar refractivity (Wildman–Crippen MR) is 46.7 cm³/mol. The Labute approximate surface area is 75.8 Å². The van der Waals surface area contributed by atoms with Gasteiger partial charge in [-0.15, -0.1) is 0 Å². The lowest BCUT2D eigenvalue weighted by Gasteiger charge is -2.00. The second-order valence-electron chi connectivity index (χ2n) is 2.81. The van der Waals surface area contributed by atoms with Gasteiger partial charge in [0.2, 0.25) is 0 Å².